The SMILES string of the molecule is CC(=O)OC[C@H]1O[C@@H](Oc2ccc(C3CCCN3C)cc2)[C@H](OC(C)=O)[C@@H](OC(C)=O)[C@H]1OC(C)=O. The Labute approximate surface area is 209 Å². The molecule has 3 rings (SSSR count). The summed E-state index contributed by atoms with van der Waals surface area (Å²) in [5, 5.41) is 0. The van der Waals surface area contributed by atoms with Crippen molar-refractivity contribution in [3.8, 4) is 5.75 Å². The van der Waals surface area contributed by atoms with E-state index < -0.39 is 54.6 Å². The zero-order valence-electron chi connectivity index (χ0n) is 21.1. The van der Waals surface area contributed by atoms with Crippen molar-refractivity contribution in [1.29, 1.82) is 0 Å². The average Bonchev–Trinajstić information content (AvgIpc) is 3.22. The van der Waals surface area contributed by atoms with Gasteiger partial charge in [0.15, 0.2) is 12.2 Å². The monoisotopic (exact) mass is 507 g/mol. The fourth-order valence-corrected chi connectivity index (χ4v) is 4.52. The summed E-state index contributed by atoms with van der Waals surface area (Å²) in [4.78, 5) is 49.4. The number of esters is 4. The highest BCUT2D eigenvalue weighted by Crippen LogP contribution is 2.33. The summed E-state index contributed by atoms with van der Waals surface area (Å²) in [5.74, 6) is -2.25. The normalized spacial score (nSPS) is 28.1. The van der Waals surface area contributed by atoms with Gasteiger partial charge in [0.05, 0.1) is 0 Å². The molecule has 0 aliphatic carbocycles. The van der Waals surface area contributed by atoms with Gasteiger partial charge in [-0.25, -0.2) is 0 Å². The van der Waals surface area contributed by atoms with Crippen molar-refractivity contribution in [2.45, 2.75) is 77.3 Å². The summed E-state index contributed by atoms with van der Waals surface area (Å²) in [7, 11) is 2.08. The number of ether oxygens (including phenoxy) is 6. The summed E-state index contributed by atoms with van der Waals surface area (Å²) < 4.78 is 33.3. The van der Waals surface area contributed by atoms with Crippen LogP contribution in [0.4, 0.5) is 0 Å². The quantitative estimate of drug-likeness (QED) is 0.378. The number of hydrogen-bond acceptors (Lipinski definition) is 11. The first-order chi connectivity index (χ1) is 17.0. The van der Waals surface area contributed by atoms with E-state index in [2.05, 4.69) is 11.9 Å². The van der Waals surface area contributed by atoms with Crippen LogP contribution in [0.1, 0.15) is 52.1 Å². The maximum absolute atomic E-state index is 11.9. The van der Waals surface area contributed by atoms with Crippen LogP contribution in [0.2, 0.25) is 0 Å². The Hall–Kier alpha value is -3.18. The Kier molecular flexibility index (Phi) is 9.27. The van der Waals surface area contributed by atoms with Gasteiger partial charge in [-0.2, -0.15) is 0 Å². The number of likely N-dealkylation sites (tertiary alicyclic amines) is 1. The molecule has 11 heteroatoms. The van der Waals surface area contributed by atoms with Crippen LogP contribution in [0, 0.1) is 0 Å². The molecule has 198 valence electrons. The molecule has 2 fully saturated rings. The number of carbonyl (C=O) groups is 4. The molecule has 0 bridgehead atoms. The zero-order chi connectivity index (χ0) is 26.4. The van der Waals surface area contributed by atoms with Crippen molar-refractivity contribution < 1.29 is 47.6 Å². The highest BCUT2D eigenvalue weighted by Gasteiger charge is 2.53. The second kappa shape index (κ2) is 12.2. The van der Waals surface area contributed by atoms with Gasteiger partial charge in [-0.15, -0.1) is 0 Å². The molecule has 11 nitrogen and oxygen atoms in total. The zero-order valence-corrected chi connectivity index (χ0v) is 21.1. The standard InChI is InChI=1S/C25H33NO10/c1-14(27)31-13-21-22(32-15(2)28)23(33-16(3)29)24(34-17(4)30)25(36-21)35-19-10-8-18(9-11-19)20-7-6-12-26(20)5/h8-11,20-25H,6-7,12-13H2,1-5H3/t20?,21-,22+,23+,24-,25-/m1/s1. The van der Waals surface area contributed by atoms with Crippen LogP contribution in [0.3, 0.4) is 0 Å². The van der Waals surface area contributed by atoms with Gasteiger partial charge in [0.25, 0.3) is 0 Å². The van der Waals surface area contributed by atoms with E-state index in [-0.39, 0.29) is 6.61 Å². The van der Waals surface area contributed by atoms with E-state index in [1.165, 1.54) is 27.7 Å². The minimum atomic E-state index is -1.28. The van der Waals surface area contributed by atoms with Crippen LogP contribution in [0.15, 0.2) is 24.3 Å². The average molecular weight is 508 g/mol. The Morgan fingerprint density at radius 2 is 1.44 bits per heavy atom. The Morgan fingerprint density at radius 1 is 0.861 bits per heavy atom. The Balaban J connectivity index is 1.90. The summed E-state index contributed by atoms with van der Waals surface area (Å²) >= 11 is 0. The largest absolute Gasteiger partial charge is 0.463 e. The minimum Gasteiger partial charge on any atom is -0.463 e. The summed E-state index contributed by atoms with van der Waals surface area (Å²) in [6.07, 6.45) is -3.90. The third-order valence-corrected chi connectivity index (χ3v) is 5.99. The van der Waals surface area contributed by atoms with Gasteiger partial charge in [-0.3, -0.25) is 24.1 Å². The predicted molar refractivity (Wildman–Crippen MR) is 124 cm³/mol. The second-order valence-corrected chi connectivity index (χ2v) is 8.89. The summed E-state index contributed by atoms with van der Waals surface area (Å²) in [6, 6.07) is 7.77. The van der Waals surface area contributed by atoms with Crippen molar-refractivity contribution in [1.82, 2.24) is 4.90 Å². The van der Waals surface area contributed by atoms with Crippen LogP contribution in [-0.4, -0.2) is 79.7 Å². The first-order valence-corrected chi connectivity index (χ1v) is 11.8. The molecule has 1 aromatic rings. The number of hydrogen-bond donors (Lipinski definition) is 0. The van der Waals surface area contributed by atoms with E-state index in [1.807, 2.05) is 12.1 Å². The molecule has 2 saturated heterocycles. The molecule has 0 saturated carbocycles. The first kappa shape index (κ1) is 27.4. The number of nitrogens with zero attached hydrogens (tertiary/aromatic N) is 1. The molecule has 0 N–H and O–H groups in total. The molecule has 36 heavy (non-hydrogen) atoms. The molecule has 0 radical (unpaired) electrons. The number of rotatable bonds is 8. The van der Waals surface area contributed by atoms with Crippen molar-refractivity contribution in [2.75, 3.05) is 20.2 Å². The molecule has 1 aromatic carbocycles. The maximum atomic E-state index is 11.9. The Morgan fingerprint density at radius 3 is 1.97 bits per heavy atom. The van der Waals surface area contributed by atoms with Gasteiger partial charge < -0.3 is 28.4 Å². The molecule has 6 atom stereocenters. The lowest BCUT2D eigenvalue weighted by molar-refractivity contribution is -0.288. The lowest BCUT2D eigenvalue weighted by atomic mass is 9.98. The van der Waals surface area contributed by atoms with E-state index in [1.54, 1.807) is 12.1 Å². The van der Waals surface area contributed by atoms with Gasteiger partial charge in [0.1, 0.15) is 18.5 Å². The lowest BCUT2D eigenvalue weighted by Crippen LogP contribution is -2.63. The molecule has 0 aromatic heterocycles. The topological polar surface area (TPSA) is 127 Å². The van der Waals surface area contributed by atoms with Crippen LogP contribution in [0.25, 0.3) is 0 Å². The van der Waals surface area contributed by atoms with Crippen molar-refractivity contribution in [3.63, 3.8) is 0 Å². The molecule has 2 heterocycles. The summed E-state index contributed by atoms with van der Waals surface area (Å²) in [6.45, 7) is 5.45. The van der Waals surface area contributed by atoms with Crippen LogP contribution >= 0.6 is 0 Å². The highest BCUT2D eigenvalue weighted by molar-refractivity contribution is 5.68. The van der Waals surface area contributed by atoms with E-state index in [9.17, 15) is 19.2 Å². The van der Waals surface area contributed by atoms with E-state index >= 15 is 0 Å². The van der Waals surface area contributed by atoms with Crippen molar-refractivity contribution >= 4 is 23.9 Å². The van der Waals surface area contributed by atoms with Gasteiger partial charge >= 0.3 is 23.9 Å². The third kappa shape index (κ3) is 7.17. The van der Waals surface area contributed by atoms with Crippen LogP contribution < -0.4 is 4.74 Å². The minimum absolute atomic E-state index is 0.315. The van der Waals surface area contributed by atoms with Gasteiger partial charge in [-0.05, 0) is 44.1 Å². The van der Waals surface area contributed by atoms with E-state index in [0.29, 0.717) is 11.8 Å². The smallest absolute Gasteiger partial charge is 0.303 e. The number of benzene rings is 1. The van der Waals surface area contributed by atoms with Crippen LogP contribution in [0.5, 0.6) is 5.75 Å². The first-order valence-electron chi connectivity index (χ1n) is 11.8. The third-order valence-electron chi connectivity index (χ3n) is 5.99. The Bertz CT molecular complexity index is 949. The van der Waals surface area contributed by atoms with E-state index in [0.717, 1.165) is 24.9 Å². The fourth-order valence-electron chi connectivity index (χ4n) is 4.52. The highest BCUT2D eigenvalue weighted by atomic mass is 16.7. The molecular weight excluding hydrogens is 474 g/mol. The maximum Gasteiger partial charge on any atom is 0.303 e. The molecule has 0 amide bonds. The van der Waals surface area contributed by atoms with Crippen molar-refractivity contribution in [3.05, 3.63) is 29.8 Å². The molecule has 1 unspecified atom stereocenters. The molecule has 0 spiro atoms. The van der Waals surface area contributed by atoms with Gasteiger partial charge in [0.2, 0.25) is 12.4 Å². The van der Waals surface area contributed by atoms with Crippen molar-refractivity contribution in [2.24, 2.45) is 0 Å². The lowest BCUT2D eigenvalue weighted by Gasteiger charge is -2.43. The number of carbonyl (C=O) groups excluding carboxylic acids is 4. The van der Waals surface area contributed by atoms with Crippen LogP contribution in [-0.2, 0) is 42.9 Å². The van der Waals surface area contributed by atoms with Gasteiger partial charge in [-0.1, -0.05) is 12.1 Å². The molecule has 2 aliphatic heterocycles. The molecule has 2 aliphatic rings. The van der Waals surface area contributed by atoms with Gasteiger partial charge in [0, 0.05) is 33.7 Å². The second-order valence-electron chi connectivity index (χ2n) is 8.89. The molecular formula is C25H33NO10. The summed E-state index contributed by atoms with van der Waals surface area (Å²) in [5.41, 5.74) is 1.14. The predicted octanol–water partition coefficient (Wildman–Crippen LogP) is 1.92. The van der Waals surface area contributed by atoms with E-state index in [4.69, 9.17) is 28.4 Å². The fraction of sp³-hybridized carbons (Fsp3) is 0.600.